The lowest BCUT2D eigenvalue weighted by Crippen LogP contribution is -2.52. The number of nitrogens with one attached hydrogen (secondary N) is 2. The van der Waals surface area contributed by atoms with Crippen LogP contribution in [0.15, 0.2) is 42.6 Å². The molecule has 0 aliphatic carbocycles. The van der Waals surface area contributed by atoms with Gasteiger partial charge in [0.05, 0.1) is 11.9 Å². The van der Waals surface area contributed by atoms with Crippen molar-refractivity contribution in [2.24, 2.45) is 5.92 Å². The summed E-state index contributed by atoms with van der Waals surface area (Å²) in [6.45, 7) is 6.35. The van der Waals surface area contributed by atoms with Crippen LogP contribution in [0.3, 0.4) is 0 Å². The van der Waals surface area contributed by atoms with E-state index in [1.165, 1.54) is 22.6 Å². The highest BCUT2D eigenvalue weighted by molar-refractivity contribution is 5.58. The molecule has 5 rings (SSSR count). The Labute approximate surface area is 166 Å². The normalized spacial score (nSPS) is 17.4. The summed E-state index contributed by atoms with van der Waals surface area (Å²) in [5, 5.41) is 11.7. The summed E-state index contributed by atoms with van der Waals surface area (Å²) >= 11 is 0. The van der Waals surface area contributed by atoms with Crippen molar-refractivity contribution in [3.05, 3.63) is 59.4 Å². The number of hydrogen-bond acceptors (Lipinski definition) is 5. The summed E-state index contributed by atoms with van der Waals surface area (Å²) in [6.07, 6.45) is 4.99. The molecule has 2 aromatic heterocycles. The van der Waals surface area contributed by atoms with Crippen molar-refractivity contribution in [2.75, 3.05) is 44.2 Å². The molecule has 0 saturated carbocycles. The summed E-state index contributed by atoms with van der Waals surface area (Å²) in [6, 6.07) is 12.7. The van der Waals surface area contributed by atoms with E-state index in [9.17, 15) is 0 Å². The maximum Gasteiger partial charge on any atom is 0.157 e. The molecule has 28 heavy (non-hydrogen) atoms. The minimum atomic E-state index is 0.703. The SMILES string of the molecule is c1ccc(CCNCC2CN(c3c4c(nc5ccnn35)CCNCC4)C2)cc1. The monoisotopic (exact) mass is 376 g/mol. The molecule has 6 nitrogen and oxygen atoms in total. The Hall–Kier alpha value is -2.44. The second kappa shape index (κ2) is 7.89. The van der Waals surface area contributed by atoms with Crippen molar-refractivity contribution < 1.29 is 0 Å². The average Bonchev–Trinajstić information content (AvgIpc) is 3.03. The molecular weight excluding hydrogens is 348 g/mol. The van der Waals surface area contributed by atoms with Gasteiger partial charge in [0.1, 0.15) is 5.82 Å². The Morgan fingerprint density at radius 2 is 1.93 bits per heavy atom. The van der Waals surface area contributed by atoms with Gasteiger partial charge < -0.3 is 15.5 Å². The van der Waals surface area contributed by atoms with E-state index < -0.39 is 0 Å². The van der Waals surface area contributed by atoms with Gasteiger partial charge in [-0.15, -0.1) is 0 Å². The lowest BCUT2D eigenvalue weighted by molar-refractivity contribution is 0.381. The molecule has 0 spiro atoms. The highest BCUT2D eigenvalue weighted by Crippen LogP contribution is 2.31. The van der Waals surface area contributed by atoms with Gasteiger partial charge in [-0.1, -0.05) is 30.3 Å². The first-order valence-corrected chi connectivity index (χ1v) is 10.4. The Bertz CT molecular complexity index is 929. The van der Waals surface area contributed by atoms with E-state index in [-0.39, 0.29) is 0 Å². The summed E-state index contributed by atoms with van der Waals surface area (Å²) in [4.78, 5) is 7.36. The fourth-order valence-electron chi connectivity index (χ4n) is 4.40. The molecule has 146 valence electrons. The topological polar surface area (TPSA) is 57.5 Å². The molecule has 0 bridgehead atoms. The van der Waals surface area contributed by atoms with Gasteiger partial charge in [0.2, 0.25) is 0 Å². The lowest BCUT2D eigenvalue weighted by atomic mass is 9.98. The fraction of sp³-hybridized carbons (Fsp3) is 0.455. The van der Waals surface area contributed by atoms with E-state index in [1.54, 1.807) is 0 Å². The summed E-state index contributed by atoms with van der Waals surface area (Å²) in [7, 11) is 0. The molecule has 4 heterocycles. The van der Waals surface area contributed by atoms with E-state index in [0.29, 0.717) is 5.92 Å². The van der Waals surface area contributed by atoms with E-state index in [0.717, 1.165) is 64.2 Å². The van der Waals surface area contributed by atoms with Crippen molar-refractivity contribution in [3.8, 4) is 0 Å². The first-order valence-electron chi connectivity index (χ1n) is 10.4. The zero-order valence-corrected chi connectivity index (χ0v) is 16.3. The first-order chi connectivity index (χ1) is 13.9. The summed E-state index contributed by atoms with van der Waals surface area (Å²) in [5.74, 6) is 1.98. The summed E-state index contributed by atoms with van der Waals surface area (Å²) < 4.78 is 2.04. The molecule has 1 aromatic carbocycles. The third-order valence-corrected chi connectivity index (χ3v) is 5.90. The van der Waals surface area contributed by atoms with Gasteiger partial charge in [0, 0.05) is 50.1 Å². The molecule has 0 amide bonds. The lowest BCUT2D eigenvalue weighted by Gasteiger charge is -2.42. The van der Waals surface area contributed by atoms with Gasteiger partial charge in [-0.2, -0.15) is 9.61 Å². The van der Waals surface area contributed by atoms with Crippen LogP contribution in [0.25, 0.3) is 5.65 Å². The number of aromatic nitrogens is 3. The average molecular weight is 377 g/mol. The zero-order valence-electron chi connectivity index (χ0n) is 16.3. The van der Waals surface area contributed by atoms with E-state index >= 15 is 0 Å². The van der Waals surface area contributed by atoms with Crippen LogP contribution in [0.1, 0.15) is 16.8 Å². The van der Waals surface area contributed by atoms with Crippen molar-refractivity contribution in [2.45, 2.75) is 19.3 Å². The predicted octanol–water partition coefficient (Wildman–Crippen LogP) is 1.69. The Morgan fingerprint density at radius 3 is 2.82 bits per heavy atom. The molecule has 1 fully saturated rings. The zero-order chi connectivity index (χ0) is 18.8. The number of nitrogens with zero attached hydrogens (tertiary/aromatic N) is 4. The Kier molecular flexibility index (Phi) is 4.97. The quantitative estimate of drug-likeness (QED) is 0.641. The van der Waals surface area contributed by atoms with Crippen LogP contribution in [0.5, 0.6) is 0 Å². The second-order valence-electron chi connectivity index (χ2n) is 7.92. The molecule has 1 saturated heterocycles. The standard InChI is InChI=1S/C22H28N6/c1-2-4-17(5-3-1)6-10-24-14-18-15-27(16-18)22-19-7-11-23-12-8-20(19)26-21-9-13-25-28(21)22/h1-5,9,13,18,23-24H,6-8,10-12,14-16H2. The molecule has 0 atom stereocenters. The van der Waals surface area contributed by atoms with Crippen LogP contribution < -0.4 is 15.5 Å². The Morgan fingerprint density at radius 1 is 1.07 bits per heavy atom. The third-order valence-electron chi connectivity index (χ3n) is 5.90. The second-order valence-corrected chi connectivity index (χ2v) is 7.92. The van der Waals surface area contributed by atoms with Gasteiger partial charge in [-0.05, 0) is 31.5 Å². The van der Waals surface area contributed by atoms with Crippen LogP contribution in [0.4, 0.5) is 5.82 Å². The van der Waals surface area contributed by atoms with Crippen LogP contribution in [-0.2, 0) is 19.3 Å². The molecule has 3 aromatic rings. The van der Waals surface area contributed by atoms with Gasteiger partial charge in [-0.3, -0.25) is 0 Å². The molecule has 2 aliphatic rings. The number of benzene rings is 1. The highest BCUT2D eigenvalue weighted by atomic mass is 15.4. The molecule has 2 N–H and O–H groups in total. The minimum Gasteiger partial charge on any atom is -0.355 e. The number of anilines is 1. The summed E-state index contributed by atoms with van der Waals surface area (Å²) in [5.41, 5.74) is 5.01. The van der Waals surface area contributed by atoms with Crippen molar-refractivity contribution >= 4 is 11.5 Å². The maximum atomic E-state index is 4.87. The van der Waals surface area contributed by atoms with E-state index in [4.69, 9.17) is 4.98 Å². The smallest absolute Gasteiger partial charge is 0.157 e. The number of hydrogen-bond donors (Lipinski definition) is 2. The van der Waals surface area contributed by atoms with Gasteiger partial charge in [-0.25, -0.2) is 4.98 Å². The van der Waals surface area contributed by atoms with Crippen molar-refractivity contribution in [1.29, 1.82) is 0 Å². The molecule has 2 aliphatic heterocycles. The van der Waals surface area contributed by atoms with Crippen LogP contribution in [0.2, 0.25) is 0 Å². The minimum absolute atomic E-state index is 0.703. The van der Waals surface area contributed by atoms with Gasteiger partial charge in [0.15, 0.2) is 5.65 Å². The van der Waals surface area contributed by atoms with Gasteiger partial charge >= 0.3 is 0 Å². The predicted molar refractivity (Wildman–Crippen MR) is 112 cm³/mol. The van der Waals surface area contributed by atoms with Gasteiger partial charge in [0.25, 0.3) is 0 Å². The van der Waals surface area contributed by atoms with Crippen molar-refractivity contribution in [3.63, 3.8) is 0 Å². The third kappa shape index (κ3) is 3.50. The van der Waals surface area contributed by atoms with Crippen LogP contribution >= 0.6 is 0 Å². The number of fused-ring (bicyclic) bond motifs is 2. The first kappa shape index (κ1) is 17.6. The van der Waals surface area contributed by atoms with E-state index in [1.807, 2.05) is 16.8 Å². The Balaban J connectivity index is 1.22. The van der Waals surface area contributed by atoms with Crippen LogP contribution in [-0.4, -0.2) is 53.9 Å². The fourth-order valence-corrected chi connectivity index (χ4v) is 4.40. The van der Waals surface area contributed by atoms with E-state index in [2.05, 4.69) is 51.0 Å². The molecular formula is C22H28N6. The number of rotatable bonds is 6. The largest absolute Gasteiger partial charge is 0.355 e. The van der Waals surface area contributed by atoms with Crippen molar-refractivity contribution in [1.82, 2.24) is 25.2 Å². The highest BCUT2D eigenvalue weighted by Gasteiger charge is 2.31. The molecule has 0 radical (unpaired) electrons. The van der Waals surface area contributed by atoms with Crippen LogP contribution in [0, 0.1) is 5.92 Å². The molecule has 0 unspecified atom stereocenters. The maximum absolute atomic E-state index is 4.87. The molecule has 6 heteroatoms.